The number of H-pyrrole nitrogens is 1. The molecule has 0 aromatic carbocycles. The van der Waals surface area contributed by atoms with Gasteiger partial charge < -0.3 is 10.2 Å². The molecule has 7 heteroatoms. The number of aromatic amines is 1. The highest BCUT2D eigenvalue weighted by Crippen LogP contribution is 2.15. The highest BCUT2D eigenvalue weighted by Gasteiger charge is 2.09. The van der Waals surface area contributed by atoms with E-state index in [1.54, 1.807) is 19.0 Å². The number of rotatable bonds is 6. The molecule has 0 spiro atoms. The van der Waals surface area contributed by atoms with E-state index in [0.717, 1.165) is 30.8 Å². The summed E-state index contributed by atoms with van der Waals surface area (Å²) in [6, 6.07) is 0. The lowest BCUT2D eigenvalue weighted by Crippen LogP contribution is -2.15. The summed E-state index contributed by atoms with van der Waals surface area (Å²) in [5.41, 5.74) is 3.41. The second-order valence-corrected chi connectivity index (χ2v) is 5.20. The first kappa shape index (κ1) is 15.2. The Hall–Kier alpha value is -2.18. The van der Waals surface area contributed by atoms with E-state index in [-0.39, 0.29) is 5.82 Å². The minimum absolute atomic E-state index is 0.286. The van der Waals surface area contributed by atoms with Gasteiger partial charge in [-0.2, -0.15) is 10.1 Å². The van der Waals surface area contributed by atoms with Gasteiger partial charge in [0.15, 0.2) is 11.6 Å². The van der Waals surface area contributed by atoms with Crippen LogP contribution in [0.1, 0.15) is 23.4 Å². The van der Waals surface area contributed by atoms with E-state index in [4.69, 9.17) is 0 Å². The number of hydrogen-bond acceptors (Lipinski definition) is 5. The van der Waals surface area contributed by atoms with Gasteiger partial charge in [-0.15, -0.1) is 0 Å². The van der Waals surface area contributed by atoms with Crippen molar-refractivity contribution in [2.24, 2.45) is 0 Å². The molecule has 0 radical (unpaired) electrons. The van der Waals surface area contributed by atoms with Gasteiger partial charge >= 0.3 is 0 Å². The molecule has 2 N–H and O–H groups in total. The molecule has 0 aliphatic heterocycles. The zero-order chi connectivity index (χ0) is 15.4. The van der Waals surface area contributed by atoms with Crippen LogP contribution in [-0.2, 0) is 6.42 Å². The average molecular weight is 292 g/mol. The molecule has 0 bridgehead atoms. The molecule has 0 atom stereocenters. The number of aromatic nitrogens is 4. The number of halogens is 1. The molecule has 0 unspecified atom stereocenters. The molecule has 6 nitrogen and oxygen atoms in total. The van der Waals surface area contributed by atoms with Crippen LogP contribution in [0.4, 0.5) is 16.2 Å². The zero-order valence-electron chi connectivity index (χ0n) is 12.9. The summed E-state index contributed by atoms with van der Waals surface area (Å²) in [5.74, 6) is 0.310. The van der Waals surface area contributed by atoms with Crippen LogP contribution >= 0.6 is 0 Å². The first-order valence-electron chi connectivity index (χ1n) is 6.93. The molecule has 0 saturated heterocycles. The zero-order valence-corrected chi connectivity index (χ0v) is 12.9. The topological polar surface area (TPSA) is 69.7 Å². The average Bonchev–Trinajstić information content (AvgIpc) is 2.76. The fraction of sp³-hybridized carbons (Fsp3) is 0.500. The van der Waals surface area contributed by atoms with Crippen LogP contribution in [0.3, 0.4) is 0 Å². The maximum Gasteiger partial charge on any atom is 0.224 e. The van der Waals surface area contributed by atoms with Crippen molar-refractivity contribution >= 4 is 11.8 Å². The maximum atomic E-state index is 13.5. The van der Waals surface area contributed by atoms with Crippen molar-refractivity contribution in [3.8, 4) is 0 Å². The summed E-state index contributed by atoms with van der Waals surface area (Å²) in [7, 11) is 3.50. The largest absolute Gasteiger partial charge is 0.360 e. The van der Waals surface area contributed by atoms with E-state index < -0.39 is 5.82 Å². The van der Waals surface area contributed by atoms with Gasteiger partial charge in [0.2, 0.25) is 5.95 Å². The first-order valence-corrected chi connectivity index (χ1v) is 6.93. The molecule has 2 aromatic rings. The fourth-order valence-corrected chi connectivity index (χ4v) is 2.16. The highest BCUT2D eigenvalue weighted by molar-refractivity contribution is 5.42. The van der Waals surface area contributed by atoms with Gasteiger partial charge in [0.1, 0.15) is 0 Å². The molecule has 0 fully saturated rings. The van der Waals surface area contributed by atoms with Crippen LogP contribution in [0, 0.1) is 19.7 Å². The van der Waals surface area contributed by atoms with Crippen molar-refractivity contribution in [2.45, 2.75) is 26.7 Å². The Morgan fingerprint density at radius 1 is 1.33 bits per heavy atom. The van der Waals surface area contributed by atoms with E-state index >= 15 is 0 Å². The second kappa shape index (κ2) is 6.51. The predicted octanol–water partition coefficient (Wildman–Crippen LogP) is 2.07. The number of nitrogens with zero attached hydrogens (tertiary/aromatic N) is 4. The van der Waals surface area contributed by atoms with E-state index in [1.165, 1.54) is 11.8 Å². The third-order valence-corrected chi connectivity index (χ3v) is 3.32. The Labute approximate surface area is 123 Å². The van der Waals surface area contributed by atoms with Crippen LogP contribution < -0.4 is 10.2 Å². The van der Waals surface area contributed by atoms with Gasteiger partial charge in [-0.3, -0.25) is 5.10 Å². The predicted molar refractivity (Wildman–Crippen MR) is 81.2 cm³/mol. The normalized spacial score (nSPS) is 10.7. The Morgan fingerprint density at radius 2 is 2.10 bits per heavy atom. The van der Waals surface area contributed by atoms with Gasteiger partial charge in [0.25, 0.3) is 0 Å². The van der Waals surface area contributed by atoms with Gasteiger partial charge in [-0.25, -0.2) is 9.37 Å². The number of anilines is 2. The molecular formula is C14H21FN6. The third kappa shape index (κ3) is 3.68. The summed E-state index contributed by atoms with van der Waals surface area (Å²) in [6.45, 7) is 4.75. The fourth-order valence-electron chi connectivity index (χ4n) is 2.16. The van der Waals surface area contributed by atoms with Crippen molar-refractivity contribution in [2.75, 3.05) is 30.9 Å². The Balaban J connectivity index is 1.88. The lowest BCUT2D eigenvalue weighted by molar-refractivity contribution is 0.612. The smallest absolute Gasteiger partial charge is 0.224 e. The monoisotopic (exact) mass is 292 g/mol. The summed E-state index contributed by atoms with van der Waals surface area (Å²) >= 11 is 0. The minimum Gasteiger partial charge on any atom is -0.360 e. The van der Waals surface area contributed by atoms with Gasteiger partial charge in [0, 0.05) is 26.3 Å². The molecular weight excluding hydrogens is 271 g/mol. The van der Waals surface area contributed by atoms with Crippen LogP contribution in [0.15, 0.2) is 6.20 Å². The van der Waals surface area contributed by atoms with Crippen LogP contribution in [-0.4, -0.2) is 40.8 Å². The molecule has 0 aliphatic carbocycles. The van der Waals surface area contributed by atoms with Crippen molar-refractivity contribution in [1.82, 2.24) is 20.2 Å². The van der Waals surface area contributed by atoms with Gasteiger partial charge in [-0.05, 0) is 32.3 Å². The summed E-state index contributed by atoms with van der Waals surface area (Å²) in [6.07, 6.45) is 3.05. The van der Waals surface area contributed by atoms with E-state index in [1.807, 2.05) is 13.8 Å². The van der Waals surface area contributed by atoms with Crippen LogP contribution in [0.25, 0.3) is 0 Å². The summed E-state index contributed by atoms with van der Waals surface area (Å²) < 4.78 is 13.5. The quantitative estimate of drug-likeness (QED) is 0.798. The lowest BCUT2D eigenvalue weighted by Gasteiger charge is -2.13. The van der Waals surface area contributed by atoms with Crippen molar-refractivity contribution < 1.29 is 4.39 Å². The highest BCUT2D eigenvalue weighted by atomic mass is 19.1. The Bertz CT molecular complexity index is 588. The Kier molecular flexibility index (Phi) is 4.72. The van der Waals surface area contributed by atoms with Crippen LogP contribution in [0.5, 0.6) is 0 Å². The Morgan fingerprint density at radius 3 is 2.71 bits per heavy atom. The lowest BCUT2D eigenvalue weighted by atomic mass is 10.1. The molecule has 0 amide bonds. The summed E-state index contributed by atoms with van der Waals surface area (Å²) in [5, 5.41) is 10.3. The number of aryl methyl sites for hydroxylation is 2. The molecule has 2 aromatic heterocycles. The first-order chi connectivity index (χ1) is 9.99. The molecule has 21 heavy (non-hydrogen) atoms. The molecule has 0 saturated carbocycles. The molecule has 0 aliphatic rings. The van der Waals surface area contributed by atoms with Gasteiger partial charge in [0.05, 0.1) is 11.9 Å². The van der Waals surface area contributed by atoms with Crippen molar-refractivity contribution in [1.29, 1.82) is 0 Å². The number of nitrogens with one attached hydrogen (secondary N) is 2. The number of hydrogen-bond donors (Lipinski definition) is 2. The van der Waals surface area contributed by atoms with E-state index in [2.05, 4.69) is 25.5 Å². The van der Waals surface area contributed by atoms with Gasteiger partial charge in [-0.1, -0.05) is 0 Å². The molecule has 2 heterocycles. The van der Waals surface area contributed by atoms with E-state index in [9.17, 15) is 4.39 Å². The van der Waals surface area contributed by atoms with Crippen molar-refractivity contribution in [3.05, 3.63) is 29.0 Å². The minimum atomic E-state index is -0.421. The molecule has 114 valence electrons. The SMILES string of the molecule is Cc1n[nH]c(C)c1CCCNc1ncc(F)c(N(C)C)n1. The standard InChI is InChI=1S/C14H21FN6/c1-9-11(10(2)20-19-9)6-5-7-16-14-17-8-12(15)13(18-14)21(3)4/h8H,5-7H2,1-4H3,(H,19,20)(H,16,17,18). The third-order valence-electron chi connectivity index (χ3n) is 3.32. The molecule has 2 rings (SSSR count). The summed E-state index contributed by atoms with van der Waals surface area (Å²) in [4.78, 5) is 9.73. The van der Waals surface area contributed by atoms with Crippen LogP contribution in [0.2, 0.25) is 0 Å². The maximum absolute atomic E-state index is 13.5. The van der Waals surface area contributed by atoms with Crippen molar-refractivity contribution in [3.63, 3.8) is 0 Å². The second-order valence-electron chi connectivity index (χ2n) is 5.20. The van der Waals surface area contributed by atoms with E-state index in [0.29, 0.717) is 5.95 Å².